The van der Waals surface area contributed by atoms with Gasteiger partial charge in [-0.15, -0.1) is 0 Å². The van der Waals surface area contributed by atoms with Crippen LogP contribution >= 0.6 is 0 Å². The average molecular weight is 233 g/mol. The number of methoxy groups -OCH3 is 1. The van der Waals surface area contributed by atoms with Gasteiger partial charge in [0.25, 0.3) is 0 Å². The predicted molar refractivity (Wildman–Crippen MR) is 60.6 cm³/mol. The molecular weight excluding hydrogens is 210 g/mol. The third-order valence-electron chi connectivity index (χ3n) is 2.11. The van der Waals surface area contributed by atoms with E-state index in [9.17, 15) is 4.79 Å². The standard InChI is InChI=1S/C9H17NO4.C2H6/c1-9(2,12-3)14-13-6-7-4-5-8(11)10-7;1-2/h7H,4-6H2,1-3H3,(H,10,11);1-2H3. The summed E-state index contributed by atoms with van der Waals surface area (Å²) in [5, 5.41) is 2.77. The number of carbonyl (C=O) groups excluding carboxylic acids is 1. The van der Waals surface area contributed by atoms with Crippen LogP contribution in [0.25, 0.3) is 0 Å². The number of hydrogen-bond donors (Lipinski definition) is 1. The van der Waals surface area contributed by atoms with Gasteiger partial charge in [0.15, 0.2) is 5.79 Å². The molecule has 1 heterocycles. The zero-order valence-corrected chi connectivity index (χ0v) is 10.8. The molecule has 1 atom stereocenters. The number of amides is 1. The summed E-state index contributed by atoms with van der Waals surface area (Å²) in [5.74, 6) is -0.674. The van der Waals surface area contributed by atoms with Crippen molar-refractivity contribution in [1.29, 1.82) is 0 Å². The molecule has 0 radical (unpaired) electrons. The van der Waals surface area contributed by atoms with E-state index in [-0.39, 0.29) is 11.9 Å². The lowest BCUT2D eigenvalue weighted by molar-refractivity contribution is -0.414. The van der Waals surface area contributed by atoms with Gasteiger partial charge in [-0.05, 0) is 20.3 Å². The highest BCUT2D eigenvalue weighted by molar-refractivity contribution is 5.78. The third-order valence-corrected chi connectivity index (χ3v) is 2.11. The molecule has 1 amide bonds. The molecule has 1 unspecified atom stereocenters. The first kappa shape index (κ1) is 15.3. The number of hydrogen-bond acceptors (Lipinski definition) is 4. The van der Waals surface area contributed by atoms with Gasteiger partial charge < -0.3 is 10.1 Å². The fourth-order valence-electron chi connectivity index (χ4n) is 1.09. The van der Waals surface area contributed by atoms with Crippen LogP contribution in [-0.2, 0) is 19.3 Å². The minimum absolute atomic E-state index is 0.0650. The molecule has 96 valence electrons. The Morgan fingerprint density at radius 1 is 1.44 bits per heavy atom. The number of nitrogens with one attached hydrogen (secondary N) is 1. The van der Waals surface area contributed by atoms with Crippen LogP contribution in [0.2, 0.25) is 0 Å². The molecule has 0 aromatic carbocycles. The van der Waals surface area contributed by atoms with Gasteiger partial charge in [0.2, 0.25) is 5.91 Å². The Balaban J connectivity index is 0.00000106. The van der Waals surface area contributed by atoms with E-state index < -0.39 is 5.79 Å². The smallest absolute Gasteiger partial charge is 0.220 e. The van der Waals surface area contributed by atoms with E-state index in [4.69, 9.17) is 14.5 Å². The monoisotopic (exact) mass is 233 g/mol. The highest BCUT2D eigenvalue weighted by Gasteiger charge is 2.23. The molecule has 1 saturated heterocycles. The van der Waals surface area contributed by atoms with Gasteiger partial charge in [0, 0.05) is 13.5 Å². The van der Waals surface area contributed by atoms with Gasteiger partial charge in [0.1, 0.15) is 6.61 Å². The minimum atomic E-state index is -0.747. The van der Waals surface area contributed by atoms with Crippen molar-refractivity contribution in [1.82, 2.24) is 5.32 Å². The van der Waals surface area contributed by atoms with E-state index >= 15 is 0 Å². The molecule has 1 aliphatic rings. The quantitative estimate of drug-likeness (QED) is 0.445. The average Bonchev–Trinajstić information content (AvgIpc) is 2.67. The summed E-state index contributed by atoms with van der Waals surface area (Å²) in [7, 11) is 1.54. The van der Waals surface area contributed by atoms with Gasteiger partial charge in [0.05, 0.1) is 6.04 Å². The van der Waals surface area contributed by atoms with Crippen molar-refractivity contribution < 1.29 is 19.3 Å². The fourth-order valence-corrected chi connectivity index (χ4v) is 1.09. The second-order valence-electron chi connectivity index (χ2n) is 3.77. The molecular formula is C11H23NO4. The lowest BCUT2D eigenvalue weighted by Gasteiger charge is -2.22. The van der Waals surface area contributed by atoms with Gasteiger partial charge >= 0.3 is 0 Å². The predicted octanol–water partition coefficient (Wildman–Crippen LogP) is 1.62. The van der Waals surface area contributed by atoms with Crippen molar-refractivity contribution in [2.75, 3.05) is 13.7 Å². The maximum atomic E-state index is 10.8. The zero-order chi connectivity index (χ0) is 12.6. The van der Waals surface area contributed by atoms with Gasteiger partial charge in [-0.1, -0.05) is 13.8 Å². The third kappa shape index (κ3) is 6.05. The van der Waals surface area contributed by atoms with Crippen molar-refractivity contribution in [3.63, 3.8) is 0 Å². The van der Waals surface area contributed by atoms with Crippen molar-refractivity contribution in [3.8, 4) is 0 Å². The molecule has 5 heteroatoms. The van der Waals surface area contributed by atoms with Gasteiger partial charge in [-0.3, -0.25) is 4.79 Å². The Morgan fingerprint density at radius 3 is 2.50 bits per heavy atom. The van der Waals surface area contributed by atoms with Crippen LogP contribution in [-0.4, -0.2) is 31.5 Å². The van der Waals surface area contributed by atoms with E-state index in [1.54, 1.807) is 21.0 Å². The highest BCUT2D eigenvalue weighted by atomic mass is 17.2. The molecule has 0 aromatic rings. The van der Waals surface area contributed by atoms with Crippen LogP contribution < -0.4 is 5.32 Å². The van der Waals surface area contributed by atoms with E-state index in [0.29, 0.717) is 13.0 Å². The second-order valence-corrected chi connectivity index (χ2v) is 3.77. The Bertz CT molecular complexity index is 206. The van der Waals surface area contributed by atoms with Crippen molar-refractivity contribution in [3.05, 3.63) is 0 Å². The number of rotatable bonds is 5. The summed E-state index contributed by atoms with van der Waals surface area (Å²) in [6.07, 6.45) is 1.37. The minimum Gasteiger partial charge on any atom is -0.351 e. The Morgan fingerprint density at radius 2 is 2.06 bits per heavy atom. The van der Waals surface area contributed by atoms with Crippen molar-refractivity contribution in [2.45, 2.75) is 52.4 Å². The van der Waals surface area contributed by atoms with Crippen LogP contribution in [0.5, 0.6) is 0 Å². The normalized spacial score (nSPS) is 20.1. The molecule has 16 heavy (non-hydrogen) atoms. The topological polar surface area (TPSA) is 56.8 Å². The molecule has 0 saturated carbocycles. The number of ether oxygens (including phenoxy) is 1. The first-order valence-corrected chi connectivity index (χ1v) is 5.68. The van der Waals surface area contributed by atoms with Crippen LogP contribution in [0.1, 0.15) is 40.5 Å². The number of carbonyl (C=O) groups is 1. The van der Waals surface area contributed by atoms with Gasteiger partial charge in [-0.25, -0.2) is 9.78 Å². The maximum absolute atomic E-state index is 10.8. The Kier molecular flexibility index (Phi) is 7.29. The van der Waals surface area contributed by atoms with Crippen molar-refractivity contribution in [2.24, 2.45) is 0 Å². The molecule has 1 N–H and O–H groups in total. The zero-order valence-electron chi connectivity index (χ0n) is 10.8. The summed E-state index contributed by atoms with van der Waals surface area (Å²) >= 11 is 0. The van der Waals surface area contributed by atoms with Gasteiger partial charge in [-0.2, -0.15) is 0 Å². The SMILES string of the molecule is CC.COC(C)(C)OOCC1CCC(=O)N1. The maximum Gasteiger partial charge on any atom is 0.220 e. The molecule has 5 nitrogen and oxygen atoms in total. The van der Waals surface area contributed by atoms with E-state index in [2.05, 4.69) is 5.32 Å². The van der Waals surface area contributed by atoms with Crippen LogP contribution in [0.4, 0.5) is 0 Å². The molecule has 1 rings (SSSR count). The summed E-state index contributed by atoms with van der Waals surface area (Å²) in [6.45, 7) is 7.86. The van der Waals surface area contributed by atoms with E-state index in [1.165, 1.54) is 0 Å². The first-order chi connectivity index (χ1) is 7.53. The second kappa shape index (κ2) is 7.60. The van der Waals surface area contributed by atoms with E-state index in [0.717, 1.165) is 6.42 Å². The first-order valence-electron chi connectivity index (χ1n) is 5.68. The molecule has 1 fully saturated rings. The molecule has 0 bridgehead atoms. The molecule has 0 aliphatic carbocycles. The summed E-state index contributed by atoms with van der Waals surface area (Å²) in [4.78, 5) is 20.8. The lowest BCUT2D eigenvalue weighted by Crippen LogP contribution is -2.33. The summed E-state index contributed by atoms with van der Waals surface area (Å²) in [5.41, 5.74) is 0. The summed E-state index contributed by atoms with van der Waals surface area (Å²) < 4.78 is 4.99. The Hall–Kier alpha value is -0.650. The Labute approximate surface area is 97.4 Å². The van der Waals surface area contributed by atoms with Crippen LogP contribution in [0.3, 0.4) is 0 Å². The largest absolute Gasteiger partial charge is 0.351 e. The van der Waals surface area contributed by atoms with Crippen LogP contribution in [0, 0.1) is 0 Å². The molecule has 0 spiro atoms. The molecule has 1 aliphatic heterocycles. The van der Waals surface area contributed by atoms with Crippen molar-refractivity contribution >= 4 is 5.91 Å². The van der Waals surface area contributed by atoms with Crippen LogP contribution in [0.15, 0.2) is 0 Å². The highest BCUT2D eigenvalue weighted by Crippen LogP contribution is 2.12. The lowest BCUT2D eigenvalue weighted by atomic mass is 10.2. The molecule has 0 aromatic heterocycles. The fraction of sp³-hybridized carbons (Fsp3) is 0.909. The summed E-state index contributed by atoms with van der Waals surface area (Å²) in [6, 6.07) is 0.0650. The van der Waals surface area contributed by atoms with E-state index in [1.807, 2.05) is 13.8 Å².